The third-order valence-corrected chi connectivity index (χ3v) is 9.94. The summed E-state index contributed by atoms with van der Waals surface area (Å²) < 4.78 is 54.5. The standard InChI is InChI=1S/C36H50ClF3N2O4/c1-5-45-35(43)34(30-10-9-11-32(44-4)33(30)27-13-16-29(17-14-27)46-36(38,39)40)41(3)22-18-26(19-23-42-20-7-6-8-21-42)31-24-28(37)15-12-25(31)2/h9-12,15,24,26-27,29,34H,5-8,13-14,16-23H2,1-4H3/t26-,27?,29?,34?/m1/s1. The van der Waals surface area contributed by atoms with Crippen LogP contribution in [0.4, 0.5) is 13.2 Å². The van der Waals surface area contributed by atoms with Crippen molar-refractivity contribution in [1.82, 2.24) is 9.80 Å². The van der Waals surface area contributed by atoms with Gasteiger partial charge in [-0.3, -0.25) is 9.64 Å². The Morgan fingerprint density at radius 1 is 1.04 bits per heavy atom. The van der Waals surface area contributed by atoms with Gasteiger partial charge in [0.15, 0.2) is 0 Å². The number of aryl methyl sites for hydroxylation is 1. The minimum absolute atomic E-state index is 0.0732. The smallest absolute Gasteiger partial charge is 0.496 e. The molecule has 0 bridgehead atoms. The monoisotopic (exact) mass is 666 g/mol. The van der Waals surface area contributed by atoms with Crippen LogP contribution in [-0.4, -0.2) is 75.2 Å². The molecule has 0 N–H and O–H groups in total. The number of carbonyl (C=O) groups is 1. The fourth-order valence-electron chi connectivity index (χ4n) is 7.35. The molecule has 1 aliphatic heterocycles. The zero-order chi connectivity index (χ0) is 33.3. The van der Waals surface area contributed by atoms with Crippen LogP contribution in [0.1, 0.15) is 105 Å². The van der Waals surface area contributed by atoms with Crippen LogP contribution in [0.5, 0.6) is 5.75 Å². The van der Waals surface area contributed by atoms with Crippen molar-refractivity contribution in [3.05, 3.63) is 63.7 Å². The van der Waals surface area contributed by atoms with Crippen molar-refractivity contribution in [3.8, 4) is 5.75 Å². The maximum absolute atomic E-state index is 13.7. The van der Waals surface area contributed by atoms with Crippen LogP contribution in [0, 0.1) is 6.92 Å². The summed E-state index contributed by atoms with van der Waals surface area (Å²) in [6, 6.07) is 11.1. The lowest BCUT2D eigenvalue weighted by molar-refractivity contribution is -0.345. The second kappa shape index (κ2) is 17.2. The number of benzene rings is 2. The summed E-state index contributed by atoms with van der Waals surface area (Å²) in [5.74, 6) is 0.460. The molecule has 0 aromatic heterocycles. The summed E-state index contributed by atoms with van der Waals surface area (Å²) >= 11 is 6.48. The molecular formula is C36H50ClF3N2O4. The Balaban J connectivity index is 1.58. The minimum Gasteiger partial charge on any atom is -0.496 e. The van der Waals surface area contributed by atoms with Gasteiger partial charge in [0.05, 0.1) is 19.8 Å². The van der Waals surface area contributed by atoms with Crippen molar-refractivity contribution in [3.63, 3.8) is 0 Å². The molecule has 0 amide bonds. The number of hydrogen-bond donors (Lipinski definition) is 0. The van der Waals surface area contributed by atoms with E-state index in [0.29, 0.717) is 25.1 Å². The SMILES string of the molecule is CCOC(=O)C(c1cccc(OC)c1C1CCC(OC(F)(F)F)CC1)N(C)CC[C@H](CCN1CCCCC1)c1cc(Cl)ccc1C. The molecule has 0 radical (unpaired) electrons. The first kappa shape index (κ1) is 36.5. The lowest BCUT2D eigenvalue weighted by Crippen LogP contribution is -2.35. The number of carbonyl (C=O) groups excluding carboxylic acids is 1. The van der Waals surface area contributed by atoms with Crippen LogP contribution in [0.15, 0.2) is 36.4 Å². The number of rotatable bonds is 14. The van der Waals surface area contributed by atoms with E-state index >= 15 is 0 Å². The van der Waals surface area contributed by atoms with Crippen molar-refractivity contribution < 1.29 is 32.2 Å². The number of likely N-dealkylation sites (tertiary alicyclic amines) is 1. The van der Waals surface area contributed by atoms with Gasteiger partial charge < -0.3 is 14.4 Å². The van der Waals surface area contributed by atoms with Gasteiger partial charge in [-0.15, -0.1) is 13.2 Å². The van der Waals surface area contributed by atoms with E-state index in [4.69, 9.17) is 21.1 Å². The molecule has 6 nitrogen and oxygen atoms in total. The number of ether oxygens (including phenoxy) is 3. The molecule has 2 aromatic carbocycles. The highest BCUT2D eigenvalue weighted by molar-refractivity contribution is 6.30. The summed E-state index contributed by atoms with van der Waals surface area (Å²) in [6.45, 7) is 8.07. The number of alkyl halides is 3. The molecule has 1 aliphatic carbocycles. The van der Waals surface area contributed by atoms with Crippen molar-refractivity contribution in [1.29, 1.82) is 0 Å². The van der Waals surface area contributed by atoms with E-state index in [9.17, 15) is 18.0 Å². The van der Waals surface area contributed by atoms with Crippen molar-refractivity contribution in [2.75, 3.05) is 46.9 Å². The van der Waals surface area contributed by atoms with Gasteiger partial charge in [0.25, 0.3) is 0 Å². The zero-order valence-electron chi connectivity index (χ0n) is 27.7. The molecule has 1 saturated carbocycles. The molecule has 0 spiro atoms. The van der Waals surface area contributed by atoms with Gasteiger partial charge >= 0.3 is 12.3 Å². The molecule has 1 unspecified atom stereocenters. The third-order valence-electron chi connectivity index (χ3n) is 9.70. The van der Waals surface area contributed by atoms with Crippen molar-refractivity contribution >= 4 is 17.6 Å². The van der Waals surface area contributed by atoms with Crippen LogP contribution in [0.3, 0.4) is 0 Å². The Morgan fingerprint density at radius 3 is 2.41 bits per heavy atom. The highest BCUT2D eigenvalue weighted by Gasteiger charge is 2.38. The average molecular weight is 667 g/mol. The number of esters is 1. The lowest BCUT2D eigenvalue weighted by atomic mass is 9.79. The number of piperidine rings is 1. The van der Waals surface area contributed by atoms with Gasteiger partial charge in [-0.25, -0.2) is 4.79 Å². The first-order valence-corrected chi connectivity index (χ1v) is 17.1. The van der Waals surface area contributed by atoms with E-state index in [2.05, 4.69) is 33.6 Å². The number of halogens is 4. The second-order valence-electron chi connectivity index (χ2n) is 12.8. The molecule has 256 valence electrons. The molecule has 1 heterocycles. The highest BCUT2D eigenvalue weighted by Crippen LogP contribution is 2.44. The molecule has 2 fully saturated rings. The maximum Gasteiger partial charge on any atom is 0.522 e. The summed E-state index contributed by atoms with van der Waals surface area (Å²) in [5.41, 5.74) is 4.10. The average Bonchev–Trinajstić information content (AvgIpc) is 3.03. The van der Waals surface area contributed by atoms with Crippen LogP contribution >= 0.6 is 11.6 Å². The molecule has 2 atom stereocenters. The number of likely N-dealkylation sites (N-methyl/N-ethyl adjacent to an activating group) is 1. The van der Waals surface area contributed by atoms with Gasteiger partial charge in [-0.1, -0.05) is 36.2 Å². The van der Waals surface area contributed by atoms with E-state index in [1.807, 2.05) is 31.3 Å². The largest absolute Gasteiger partial charge is 0.522 e. The van der Waals surface area contributed by atoms with E-state index in [0.717, 1.165) is 48.6 Å². The number of methoxy groups -OCH3 is 1. The zero-order valence-corrected chi connectivity index (χ0v) is 28.5. The van der Waals surface area contributed by atoms with Crippen LogP contribution < -0.4 is 4.74 Å². The van der Waals surface area contributed by atoms with E-state index in [-0.39, 0.29) is 37.3 Å². The molecular weight excluding hydrogens is 617 g/mol. The van der Waals surface area contributed by atoms with Crippen molar-refractivity contribution in [2.45, 2.75) is 102 Å². The fourth-order valence-corrected chi connectivity index (χ4v) is 7.54. The number of nitrogens with zero attached hydrogens (tertiary/aromatic N) is 2. The normalized spacial score (nSPS) is 20.8. The Bertz CT molecular complexity index is 1260. The Morgan fingerprint density at radius 2 is 1.76 bits per heavy atom. The van der Waals surface area contributed by atoms with Gasteiger partial charge in [-0.05, 0) is 145 Å². The van der Waals surface area contributed by atoms with Gasteiger partial charge in [-0.2, -0.15) is 0 Å². The lowest BCUT2D eigenvalue weighted by Gasteiger charge is -2.35. The quantitative estimate of drug-likeness (QED) is 0.188. The first-order chi connectivity index (χ1) is 22.0. The topological polar surface area (TPSA) is 51.2 Å². The van der Waals surface area contributed by atoms with Crippen LogP contribution in [-0.2, 0) is 14.3 Å². The maximum atomic E-state index is 13.7. The Labute approximate surface area is 277 Å². The van der Waals surface area contributed by atoms with Gasteiger partial charge in [0, 0.05) is 10.6 Å². The predicted octanol–water partition coefficient (Wildman–Crippen LogP) is 8.81. The first-order valence-electron chi connectivity index (χ1n) is 16.8. The summed E-state index contributed by atoms with van der Waals surface area (Å²) in [6.07, 6.45) is 1.62. The van der Waals surface area contributed by atoms with Gasteiger partial charge in [0.2, 0.25) is 0 Å². The summed E-state index contributed by atoms with van der Waals surface area (Å²) in [5, 5.41) is 0.720. The molecule has 10 heteroatoms. The van der Waals surface area contributed by atoms with Crippen molar-refractivity contribution in [2.24, 2.45) is 0 Å². The highest BCUT2D eigenvalue weighted by atomic mass is 35.5. The molecule has 1 saturated heterocycles. The molecule has 4 rings (SSSR count). The number of hydrogen-bond acceptors (Lipinski definition) is 6. The predicted molar refractivity (Wildman–Crippen MR) is 176 cm³/mol. The Hall–Kier alpha value is -2.33. The van der Waals surface area contributed by atoms with Crippen LogP contribution in [0.25, 0.3) is 0 Å². The second-order valence-corrected chi connectivity index (χ2v) is 13.2. The third kappa shape index (κ3) is 10.1. The molecule has 46 heavy (non-hydrogen) atoms. The Kier molecular flexibility index (Phi) is 13.6. The fraction of sp³-hybridized carbons (Fsp3) is 0.639. The summed E-state index contributed by atoms with van der Waals surface area (Å²) in [4.78, 5) is 18.3. The molecule has 2 aliphatic rings. The van der Waals surface area contributed by atoms with E-state index in [1.165, 1.54) is 30.4 Å². The minimum atomic E-state index is -4.65. The van der Waals surface area contributed by atoms with E-state index in [1.54, 1.807) is 14.0 Å². The molecule has 2 aromatic rings. The van der Waals surface area contributed by atoms with E-state index < -0.39 is 18.5 Å². The van der Waals surface area contributed by atoms with Crippen LogP contribution in [0.2, 0.25) is 5.02 Å². The van der Waals surface area contributed by atoms with Gasteiger partial charge in [0.1, 0.15) is 11.8 Å². The summed E-state index contributed by atoms with van der Waals surface area (Å²) in [7, 11) is 3.54.